The van der Waals surface area contributed by atoms with Gasteiger partial charge < -0.3 is 14.3 Å². The summed E-state index contributed by atoms with van der Waals surface area (Å²) in [4.78, 5) is 57.4. The summed E-state index contributed by atoms with van der Waals surface area (Å²) in [5.74, 6) is -1.87. The summed E-state index contributed by atoms with van der Waals surface area (Å²) >= 11 is 23.6. The lowest BCUT2D eigenvalue weighted by atomic mass is 10.1. The Morgan fingerprint density at radius 2 is 1.31 bits per heavy atom. The summed E-state index contributed by atoms with van der Waals surface area (Å²) in [5.41, 5.74) is 4.37. The van der Waals surface area contributed by atoms with Gasteiger partial charge in [0.15, 0.2) is 19.0 Å². The average molecular weight is 616 g/mol. The highest BCUT2D eigenvalue weighted by Gasteiger charge is 2.15. The van der Waals surface area contributed by atoms with Crippen LogP contribution in [-0.4, -0.2) is 43.4 Å². The fourth-order valence-corrected chi connectivity index (χ4v) is 3.69. The lowest BCUT2D eigenvalue weighted by molar-refractivity contribution is -0.151. The molecule has 0 saturated heterocycles. The van der Waals surface area contributed by atoms with Crippen LogP contribution in [0.4, 0.5) is 0 Å². The van der Waals surface area contributed by atoms with Gasteiger partial charge >= 0.3 is 5.97 Å². The minimum absolute atomic E-state index is 0.0937. The minimum atomic E-state index is -1.06. The number of hydroxylamine groups is 2. The van der Waals surface area contributed by atoms with E-state index in [2.05, 4.69) is 10.3 Å². The Kier molecular flexibility index (Phi) is 11.2. The topological polar surface area (TPSA) is 129 Å². The number of benzene rings is 3. The average Bonchev–Trinajstić information content (AvgIpc) is 2.91. The van der Waals surface area contributed by atoms with Crippen LogP contribution in [0.25, 0.3) is 0 Å². The summed E-state index contributed by atoms with van der Waals surface area (Å²) in [6, 6.07) is 14.2. The SMILES string of the molecule is O=CC(CONC(=O)c1ccc(C(=O)NOC(=O)COc2ccc(Cl)cc2Cl)cc1)Oc1ccc(Cl)cc1Cl. The predicted octanol–water partition coefficient (Wildman–Crippen LogP) is 4.88. The van der Waals surface area contributed by atoms with Crippen LogP contribution < -0.4 is 20.4 Å². The van der Waals surface area contributed by atoms with Crippen molar-refractivity contribution in [3.63, 3.8) is 0 Å². The van der Waals surface area contributed by atoms with Crippen molar-refractivity contribution < 1.29 is 38.3 Å². The molecule has 39 heavy (non-hydrogen) atoms. The largest absolute Gasteiger partial charge is 0.480 e. The summed E-state index contributed by atoms with van der Waals surface area (Å²) in [7, 11) is 0. The van der Waals surface area contributed by atoms with Gasteiger partial charge in [-0.3, -0.25) is 19.2 Å². The molecule has 0 aliphatic heterocycles. The molecule has 0 aliphatic rings. The van der Waals surface area contributed by atoms with Gasteiger partial charge in [0.2, 0.25) is 0 Å². The molecule has 10 nitrogen and oxygen atoms in total. The van der Waals surface area contributed by atoms with Gasteiger partial charge in [-0.2, -0.15) is 5.48 Å². The van der Waals surface area contributed by atoms with Gasteiger partial charge in [0, 0.05) is 21.2 Å². The van der Waals surface area contributed by atoms with Gasteiger partial charge in [-0.05, 0) is 60.7 Å². The van der Waals surface area contributed by atoms with E-state index in [4.69, 9.17) is 60.7 Å². The summed E-state index contributed by atoms with van der Waals surface area (Å²) < 4.78 is 10.6. The highest BCUT2D eigenvalue weighted by atomic mass is 35.5. The first-order chi connectivity index (χ1) is 18.7. The van der Waals surface area contributed by atoms with Crippen LogP contribution in [0.15, 0.2) is 60.7 Å². The van der Waals surface area contributed by atoms with Crippen LogP contribution in [0.1, 0.15) is 20.7 Å². The van der Waals surface area contributed by atoms with E-state index >= 15 is 0 Å². The number of hydrogen-bond acceptors (Lipinski definition) is 8. The third-order valence-electron chi connectivity index (χ3n) is 4.64. The normalized spacial score (nSPS) is 11.2. The number of nitrogens with one attached hydrogen (secondary N) is 2. The highest BCUT2D eigenvalue weighted by molar-refractivity contribution is 6.36. The van der Waals surface area contributed by atoms with E-state index in [1.54, 1.807) is 0 Å². The Hall–Kier alpha value is -3.54. The van der Waals surface area contributed by atoms with E-state index in [-0.39, 0.29) is 39.3 Å². The minimum Gasteiger partial charge on any atom is -0.480 e. The van der Waals surface area contributed by atoms with Crippen molar-refractivity contribution in [1.29, 1.82) is 0 Å². The van der Waals surface area contributed by atoms with Gasteiger partial charge in [-0.15, -0.1) is 0 Å². The molecule has 2 amide bonds. The number of carbonyl (C=O) groups is 4. The lowest BCUT2D eigenvalue weighted by Crippen LogP contribution is -2.32. The molecule has 1 unspecified atom stereocenters. The van der Waals surface area contributed by atoms with Gasteiger partial charge in [0.1, 0.15) is 18.1 Å². The molecule has 0 fully saturated rings. The van der Waals surface area contributed by atoms with Gasteiger partial charge in [-0.25, -0.2) is 10.3 Å². The molecular formula is C25H18Cl4N2O8. The maximum atomic E-state index is 12.3. The molecule has 2 N–H and O–H groups in total. The third-order valence-corrected chi connectivity index (χ3v) is 5.70. The van der Waals surface area contributed by atoms with Crippen molar-refractivity contribution in [2.24, 2.45) is 0 Å². The number of aldehydes is 1. The van der Waals surface area contributed by atoms with Crippen molar-refractivity contribution in [3.05, 3.63) is 91.9 Å². The third kappa shape index (κ3) is 9.31. The number of halogens is 4. The first-order valence-electron chi connectivity index (χ1n) is 10.8. The zero-order chi connectivity index (χ0) is 28.4. The number of ether oxygens (including phenoxy) is 2. The summed E-state index contributed by atoms with van der Waals surface area (Å²) in [6.45, 7) is -0.836. The Labute approximate surface area is 241 Å². The molecule has 3 rings (SSSR count). The molecule has 0 saturated carbocycles. The molecule has 14 heteroatoms. The van der Waals surface area contributed by atoms with E-state index in [0.717, 1.165) is 0 Å². The second kappa shape index (κ2) is 14.6. The van der Waals surface area contributed by atoms with Crippen LogP contribution in [0.2, 0.25) is 20.1 Å². The molecule has 3 aromatic rings. The maximum Gasteiger partial charge on any atom is 0.369 e. The molecule has 0 spiro atoms. The molecule has 1 atom stereocenters. The van der Waals surface area contributed by atoms with E-state index in [9.17, 15) is 19.2 Å². The Balaban J connectivity index is 1.41. The zero-order valence-corrected chi connectivity index (χ0v) is 22.6. The Morgan fingerprint density at radius 1 is 0.769 bits per heavy atom. The second-order valence-corrected chi connectivity index (χ2v) is 9.14. The van der Waals surface area contributed by atoms with E-state index < -0.39 is 30.5 Å². The quantitative estimate of drug-likeness (QED) is 0.231. The maximum absolute atomic E-state index is 12.3. The number of rotatable bonds is 11. The second-order valence-electron chi connectivity index (χ2n) is 7.46. The standard InChI is InChI=1S/C25H18Cl4N2O8/c26-16-5-7-21(19(28)9-16)36-13-23(33)39-31-25(35)15-3-1-14(2-4-15)24(34)30-37-12-18(11-32)38-22-8-6-17(27)10-20(22)29/h1-11,18H,12-13H2,(H,30,34)(H,31,35). The lowest BCUT2D eigenvalue weighted by Gasteiger charge is -2.15. The van der Waals surface area contributed by atoms with Crippen molar-refractivity contribution in [2.45, 2.75) is 6.10 Å². The van der Waals surface area contributed by atoms with Crippen LogP contribution >= 0.6 is 46.4 Å². The zero-order valence-electron chi connectivity index (χ0n) is 19.6. The van der Waals surface area contributed by atoms with Gasteiger partial charge in [-0.1, -0.05) is 46.4 Å². The van der Waals surface area contributed by atoms with Crippen LogP contribution in [0.5, 0.6) is 11.5 Å². The fourth-order valence-electron chi connectivity index (χ4n) is 2.78. The number of amides is 2. The molecule has 0 aromatic heterocycles. The smallest absolute Gasteiger partial charge is 0.369 e. The summed E-state index contributed by atoms with van der Waals surface area (Å²) in [5, 5.41) is 1.20. The molecule has 0 aliphatic carbocycles. The van der Waals surface area contributed by atoms with E-state index in [1.165, 1.54) is 60.7 Å². The van der Waals surface area contributed by atoms with Crippen molar-refractivity contribution in [3.8, 4) is 11.5 Å². The van der Waals surface area contributed by atoms with Crippen molar-refractivity contribution in [2.75, 3.05) is 13.2 Å². The van der Waals surface area contributed by atoms with Gasteiger partial charge in [0.05, 0.1) is 10.0 Å². The summed E-state index contributed by atoms with van der Waals surface area (Å²) in [6.07, 6.45) is -0.581. The monoisotopic (exact) mass is 614 g/mol. The van der Waals surface area contributed by atoms with E-state index in [1.807, 2.05) is 5.48 Å². The highest BCUT2D eigenvalue weighted by Crippen LogP contribution is 2.28. The van der Waals surface area contributed by atoms with Crippen molar-refractivity contribution in [1.82, 2.24) is 11.0 Å². The van der Waals surface area contributed by atoms with Crippen LogP contribution in [0.3, 0.4) is 0 Å². The molecular weight excluding hydrogens is 598 g/mol. The predicted molar refractivity (Wildman–Crippen MR) is 142 cm³/mol. The van der Waals surface area contributed by atoms with E-state index in [0.29, 0.717) is 16.3 Å². The van der Waals surface area contributed by atoms with Crippen LogP contribution in [-0.2, 0) is 19.3 Å². The molecule has 0 heterocycles. The molecule has 0 radical (unpaired) electrons. The molecule has 3 aromatic carbocycles. The first kappa shape index (κ1) is 30.0. The first-order valence-corrected chi connectivity index (χ1v) is 12.3. The molecule has 204 valence electrons. The van der Waals surface area contributed by atoms with Crippen LogP contribution in [0, 0.1) is 0 Å². The molecule has 0 bridgehead atoms. The fraction of sp³-hybridized carbons (Fsp3) is 0.120. The van der Waals surface area contributed by atoms with Gasteiger partial charge in [0.25, 0.3) is 11.8 Å². The van der Waals surface area contributed by atoms with Crippen molar-refractivity contribution >= 4 is 70.5 Å². The Morgan fingerprint density at radius 3 is 1.85 bits per heavy atom. The number of hydrogen-bond donors (Lipinski definition) is 2. The Bertz CT molecular complexity index is 1350. The number of carbonyl (C=O) groups excluding carboxylic acids is 4.